The van der Waals surface area contributed by atoms with Crippen molar-refractivity contribution in [2.45, 2.75) is 58.5 Å². The molecule has 1 aliphatic heterocycles. The highest BCUT2D eigenvalue weighted by atomic mass is 127. The van der Waals surface area contributed by atoms with Gasteiger partial charge in [0.25, 0.3) is 0 Å². The van der Waals surface area contributed by atoms with Crippen LogP contribution >= 0.6 is 24.0 Å². The van der Waals surface area contributed by atoms with Gasteiger partial charge < -0.3 is 15.5 Å². The van der Waals surface area contributed by atoms with Gasteiger partial charge in [0.1, 0.15) is 0 Å². The van der Waals surface area contributed by atoms with Crippen molar-refractivity contribution in [2.75, 3.05) is 20.1 Å². The number of nitrogens with one attached hydrogen (secondary N) is 2. The van der Waals surface area contributed by atoms with Crippen molar-refractivity contribution in [1.82, 2.24) is 15.5 Å². The van der Waals surface area contributed by atoms with E-state index in [0.717, 1.165) is 32.0 Å². The van der Waals surface area contributed by atoms with Gasteiger partial charge in [0.15, 0.2) is 5.96 Å². The number of carbonyl (C=O) groups is 1. The molecule has 1 aromatic rings. The van der Waals surface area contributed by atoms with E-state index in [1.807, 2.05) is 11.8 Å². The first-order chi connectivity index (χ1) is 11.8. The molecule has 1 aromatic carbocycles. The SMILES string of the molecule is CCC(=O)N1CCC(NC(=NC)NCc2ccc(C(C)(C)C)cc2)C1.I. The minimum Gasteiger partial charge on any atom is -0.352 e. The normalized spacial score (nSPS) is 17.7. The number of nitrogens with zero attached hydrogens (tertiary/aromatic N) is 2. The fourth-order valence-corrected chi connectivity index (χ4v) is 3.02. The van der Waals surface area contributed by atoms with Gasteiger partial charge in [0.05, 0.1) is 0 Å². The first kappa shape index (κ1) is 22.7. The zero-order chi connectivity index (χ0) is 18.4. The average molecular weight is 472 g/mol. The summed E-state index contributed by atoms with van der Waals surface area (Å²) in [4.78, 5) is 18.0. The third-order valence-electron chi connectivity index (χ3n) is 4.69. The molecule has 1 amide bonds. The quantitative estimate of drug-likeness (QED) is 0.402. The lowest BCUT2D eigenvalue weighted by molar-refractivity contribution is -0.129. The number of hydrogen-bond donors (Lipinski definition) is 2. The molecule has 2 N–H and O–H groups in total. The van der Waals surface area contributed by atoms with Gasteiger partial charge in [0.2, 0.25) is 5.91 Å². The Morgan fingerprint density at radius 3 is 2.46 bits per heavy atom. The molecular formula is C20H33IN4O. The third-order valence-corrected chi connectivity index (χ3v) is 4.69. The van der Waals surface area contributed by atoms with E-state index in [4.69, 9.17) is 0 Å². The largest absolute Gasteiger partial charge is 0.352 e. The molecule has 0 saturated carbocycles. The average Bonchev–Trinajstić information content (AvgIpc) is 3.06. The van der Waals surface area contributed by atoms with Crippen LogP contribution < -0.4 is 10.6 Å². The van der Waals surface area contributed by atoms with Crippen molar-refractivity contribution in [2.24, 2.45) is 4.99 Å². The van der Waals surface area contributed by atoms with E-state index in [1.54, 1.807) is 7.05 Å². The molecule has 1 unspecified atom stereocenters. The van der Waals surface area contributed by atoms with Crippen LogP contribution in [0.2, 0.25) is 0 Å². The second-order valence-electron chi connectivity index (χ2n) is 7.70. The number of carbonyl (C=O) groups excluding carboxylic acids is 1. The topological polar surface area (TPSA) is 56.7 Å². The third kappa shape index (κ3) is 6.45. The summed E-state index contributed by atoms with van der Waals surface area (Å²) in [6.45, 7) is 10.9. The molecule has 26 heavy (non-hydrogen) atoms. The van der Waals surface area contributed by atoms with Crippen molar-refractivity contribution in [3.8, 4) is 0 Å². The molecule has 0 aromatic heterocycles. The molecule has 6 heteroatoms. The molecule has 1 heterocycles. The van der Waals surface area contributed by atoms with Gasteiger partial charge in [-0.15, -0.1) is 24.0 Å². The lowest BCUT2D eigenvalue weighted by Gasteiger charge is -2.20. The van der Waals surface area contributed by atoms with Gasteiger partial charge in [-0.3, -0.25) is 9.79 Å². The van der Waals surface area contributed by atoms with Gasteiger partial charge in [-0.2, -0.15) is 0 Å². The summed E-state index contributed by atoms with van der Waals surface area (Å²) >= 11 is 0. The van der Waals surface area contributed by atoms with Crippen LogP contribution in [0.15, 0.2) is 29.3 Å². The molecule has 0 bridgehead atoms. The molecule has 146 valence electrons. The van der Waals surface area contributed by atoms with Gasteiger partial charge in [-0.1, -0.05) is 52.0 Å². The Kier molecular flexibility index (Phi) is 8.86. The van der Waals surface area contributed by atoms with Gasteiger partial charge >= 0.3 is 0 Å². The van der Waals surface area contributed by atoms with Crippen LogP contribution in [-0.2, 0) is 16.8 Å². The maximum atomic E-state index is 11.8. The fourth-order valence-electron chi connectivity index (χ4n) is 3.02. The van der Waals surface area contributed by atoms with E-state index in [-0.39, 0.29) is 41.3 Å². The van der Waals surface area contributed by atoms with Crippen LogP contribution in [0, 0.1) is 0 Å². The van der Waals surface area contributed by atoms with Crippen LogP contribution in [-0.4, -0.2) is 42.9 Å². The van der Waals surface area contributed by atoms with Crippen molar-refractivity contribution < 1.29 is 4.79 Å². The van der Waals surface area contributed by atoms with Gasteiger partial charge in [-0.25, -0.2) is 0 Å². The highest BCUT2D eigenvalue weighted by Crippen LogP contribution is 2.22. The summed E-state index contributed by atoms with van der Waals surface area (Å²) < 4.78 is 0. The standard InChI is InChI=1S/C20H32N4O.HI/c1-6-18(25)24-12-11-17(14-24)23-19(21-5)22-13-15-7-9-16(10-8-15)20(2,3)4;/h7-10,17H,6,11-14H2,1-5H3,(H2,21,22,23);1H. The summed E-state index contributed by atoms with van der Waals surface area (Å²) in [5.74, 6) is 1.02. The molecule has 1 aliphatic rings. The van der Waals surface area contributed by atoms with E-state index in [2.05, 4.69) is 60.7 Å². The number of aliphatic imine (C=N–C) groups is 1. The van der Waals surface area contributed by atoms with Crippen LogP contribution in [0.3, 0.4) is 0 Å². The smallest absolute Gasteiger partial charge is 0.222 e. The number of likely N-dealkylation sites (tertiary alicyclic amines) is 1. The highest BCUT2D eigenvalue weighted by Gasteiger charge is 2.25. The van der Waals surface area contributed by atoms with E-state index in [9.17, 15) is 4.79 Å². The maximum absolute atomic E-state index is 11.8. The summed E-state index contributed by atoms with van der Waals surface area (Å²) in [5.41, 5.74) is 2.74. The van der Waals surface area contributed by atoms with Crippen LogP contribution in [0.5, 0.6) is 0 Å². The number of hydrogen-bond acceptors (Lipinski definition) is 2. The van der Waals surface area contributed by atoms with Crippen molar-refractivity contribution in [3.63, 3.8) is 0 Å². The summed E-state index contributed by atoms with van der Waals surface area (Å²) in [5, 5.41) is 6.79. The minimum atomic E-state index is 0. The number of rotatable bonds is 4. The number of amides is 1. The van der Waals surface area contributed by atoms with Crippen LogP contribution in [0.4, 0.5) is 0 Å². The Morgan fingerprint density at radius 2 is 1.92 bits per heavy atom. The Hall–Kier alpha value is -1.31. The summed E-state index contributed by atoms with van der Waals surface area (Å²) in [7, 11) is 1.78. The first-order valence-electron chi connectivity index (χ1n) is 9.18. The second kappa shape index (κ2) is 10.1. The Balaban J connectivity index is 0.00000338. The number of guanidine groups is 1. The monoisotopic (exact) mass is 472 g/mol. The predicted molar refractivity (Wildman–Crippen MR) is 119 cm³/mol. The second-order valence-corrected chi connectivity index (χ2v) is 7.70. The van der Waals surface area contributed by atoms with Crippen molar-refractivity contribution in [1.29, 1.82) is 0 Å². The fraction of sp³-hybridized carbons (Fsp3) is 0.600. The highest BCUT2D eigenvalue weighted by molar-refractivity contribution is 14.0. The lowest BCUT2D eigenvalue weighted by Crippen LogP contribution is -2.44. The molecule has 0 aliphatic carbocycles. The molecule has 1 atom stereocenters. The molecule has 0 spiro atoms. The molecule has 2 rings (SSSR count). The first-order valence-corrected chi connectivity index (χ1v) is 9.18. The Labute approximate surface area is 175 Å². The predicted octanol–water partition coefficient (Wildman–Crippen LogP) is 3.28. The van der Waals surface area contributed by atoms with E-state index in [0.29, 0.717) is 6.42 Å². The lowest BCUT2D eigenvalue weighted by atomic mass is 9.87. The number of halogens is 1. The zero-order valence-corrected chi connectivity index (χ0v) is 19.0. The van der Waals surface area contributed by atoms with E-state index < -0.39 is 0 Å². The number of benzene rings is 1. The summed E-state index contributed by atoms with van der Waals surface area (Å²) in [6, 6.07) is 8.98. The zero-order valence-electron chi connectivity index (χ0n) is 16.6. The maximum Gasteiger partial charge on any atom is 0.222 e. The molecule has 5 nitrogen and oxygen atoms in total. The molecule has 1 fully saturated rings. The molecule has 1 saturated heterocycles. The van der Waals surface area contributed by atoms with Crippen molar-refractivity contribution >= 4 is 35.8 Å². The van der Waals surface area contributed by atoms with E-state index >= 15 is 0 Å². The van der Waals surface area contributed by atoms with Crippen LogP contribution in [0.1, 0.15) is 51.7 Å². The minimum absolute atomic E-state index is 0. The van der Waals surface area contributed by atoms with Crippen molar-refractivity contribution in [3.05, 3.63) is 35.4 Å². The molecular weight excluding hydrogens is 439 g/mol. The van der Waals surface area contributed by atoms with Gasteiger partial charge in [0, 0.05) is 39.1 Å². The molecule has 0 radical (unpaired) electrons. The van der Waals surface area contributed by atoms with Gasteiger partial charge in [-0.05, 0) is 23.0 Å². The van der Waals surface area contributed by atoms with E-state index in [1.165, 1.54) is 11.1 Å². The Bertz CT molecular complexity index is 607. The summed E-state index contributed by atoms with van der Waals surface area (Å²) in [6.07, 6.45) is 1.54. The Morgan fingerprint density at radius 1 is 1.27 bits per heavy atom. The van der Waals surface area contributed by atoms with Crippen LogP contribution in [0.25, 0.3) is 0 Å².